The molecule has 3 rings (SSSR count). The second kappa shape index (κ2) is 9.58. The molecular weight excluding hydrogens is 488 g/mol. The molecule has 2 N–H and O–H groups in total. The highest BCUT2D eigenvalue weighted by molar-refractivity contribution is 9.10. The minimum Gasteiger partial charge on any atom is -0.495 e. The van der Waals surface area contributed by atoms with E-state index in [1.807, 2.05) is 24.3 Å². The topological polar surface area (TPSA) is 123 Å². The molecule has 0 atom stereocenters. The molecule has 0 unspecified atom stereocenters. The number of halogens is 1. The summed E-state index contributed by atoms with van der Waals surface area (Å²) < 4.78 is 34.5. The van der Waals surface area contributed by atoms with E-state index in [-0.39, 0.29) is 22.0 Å². The van der Waals surface area contributed by atoms with Gasteiger partial charge in [-0.1, -0.05) is 46.3 Å². The van der Waals surface area contributed by atoms with Crippen molar-refractivity contribution < 1.29 is 18.1 Å². The molecule has 0 amide bonds. The van der Waals surface area contributed by atoms with Crippen LogP contribution in [0.25, 0.3) is 0 Å². The molecule has 9 nitrogen and oxygen atoms in total. The van der Waals surface area contributed by atoms with Crippen LogP contribution in [0.1, 0.15) is 5.56 Å². The average molecular weight is 505 g/mol. The quantitative estimate of drug-likeness (QED) is 0.262. The lowest BCUT2D eigenvalue weighted by Crippen LogP contribution is -2.15. The number of nitro benzene ring substituents is 1. The number of benzene rings is 3. The SMILES string of the molecule is COc1ccccc1NS(=O)(=O)c1cc([N+](=O)[O-])ccc1NN=Cc1ccccc1Br. The number of nitrogens with one attached hydrogen (secondary N) is 2. The number of anilines is 2. The van der Waals surface area contributed by atoms with Crippen molar-refractivity contribution in [2.45, 2.75) is 4.90 Å². The molecule has 0 spiro atoms. The van der Waals surface area contributed by atoms with Gasteiger partial charge in [-0.05, 0) is 24.3 Å². The highest BCUT2D eigenvalue weighted by Crippen LogP contribution is 2.31. The van der Waals surface area contributed by atoms with Gasteiger partial charge in [0.25, 0.3) is 15.7 Å². The van der Waals surface area contributed by atoms with Crippen molar-refractivity contribution in [3.8, 4) is 5.75 Å². The summed E-state index contributed by atoms with van der Waals surface area (Å²) in [6, 6.07) is 17.2. The Kier molecular flexibility index (Phi) is 6.88. The Balaban J connectivity index is 1.98. The van der Waals surface area contributed by atoms with Gasteiger partial charge >= 0.3 is 0 Å². The maximum Gasteiger partial charge on any atom is 0.270 e. The first-order valence-electron chi connectivity index (χ1n) is 8.79. The molecule has 0 aliphatic rings. The second-order valence-corrected chi connectivity index (χ2v) is 8.64. The molecule has 160 valence electrons. The third kappa shape index (κ3) is 5.38. The van der Waals surface area contributed by atoms with Crippen molar-refractivity contribution in [3.05, 3.63) is 86.9 Å². The largest absolute Gasteiger partial charge is 0.495 e. The summed E-state index contributed by atoms with van der Waals surface area (Å²) >= 11 is 3.39. The number of non-ortho nitro benzene ring substituents is 1. The van der Waals surface area contributed by atoms with Crippen molar-refractivity contribution in [2.75, 3.05) is 17.3 Å². The van der Waals surface area contributed by atoms with Gasteiger partial charge < -0.3 is 4.74 Å². The minimum atomic E-state index is -4.22. The van der Waals surface area contributed by atoms with Crippen molar-refractivity contribution in [1.82, 2.24) is 0 Å². The molecular formula is C20H17BrN4O5S. The predicted molar refractivity (Wildman–Crippen MR) is 122 cm³/mol. The zero-order valence-electron chi connectivity index (χ0n) is 16.2. The molecule has 0 aliphatic heterocycles. The van der Waals surface area contributed by atoms with Gasteiger partial charge in [-0.2, -0.15) is 5.10 Å². The lowest BCUT2D eigenvalue weighted by Gasteiger charge is -2.14. The first-order valence-corrected chi connectivity index (χ1v) is 11.1. The van der Waals surface area contributed by atoms with Gasteiger partial charge in [-0.15, -0.1) is 0 Å². The van der Waals surface area contributed by atoms with E-state index >= 15 is 0 Å². The number of sulfonamides is 1. The summed E-state index contributed by atoms with van der Waals surface area (Å²) in [6.45, 7) is 0. The normalized spacial score (nSPS) is 11.3. The summed E-state index contributed by atoms with van der Waals surface area (Å²) in [4.78, 5) is 10.2. The fraction of sp³-hybridized carbons (Fsp3) is 0.0500. The third-order valence-corrected chi connectivity index (χ3v) is 6.24. The maximum atomic E-state index is 13.1. The number of hydrogen-bond donors (Lipinski definition) is 2. The van der Waals surface area contributed by atoms with E-state index in [0.717, 1.165) is 16.1 Å². The molecule has 11 heteroatoms. The van der Waals surface area contributed by atoms with Crippen LogP contribution in [0.4, 0.5) is 17.1 Å². The Hall–Kier alpha value is -3.44. The van der Waals surface area contributed by atoms with Crippen LogP contribution in [0, 0.1) is 10.1 Å². The summed E-state index contributed by atoms with van der Waals surface area (Å²) in [5.41, 5.74) is 3.29. The van der Waals surface area contributed by atoms with E-state index in [2.05, 4.69) is 31.2 Å². The fourth-order valence-corrected chi connectivity index (χ4v) is 4.25. The lowest BCUT2D eigenvalue weighted by molar-refractivity contribution is -0.385. The summed E-state index contributed by atoms with van der Waals surface area (Å²) in [5.74, 6) is 0.304. The van der Waals surface area contributed by atoms with E-state index in [0.29, 0.717) is 5.75 Å². The zero-order chi connectivity index (χ0) is 22.4. The second-order valence-electron chi connectivity index (χ2n) is 6.13. The van der Waals surface area contributed by atoms with Gasteiger partial charge in [-0.3, -0.25) is 20.3 Å². The fourth-order valence-electron chi connectivity index (χ4n) is 2.62. The molecule has 3 aromatic rings. The molecule has 0 saturated heterocycles. The average Bonchev–Trinajstić information content (AvgIpc) is 2.75. The standard InChI is InChI=1S/C20H17BrN4O5S/c1-30-19-9-5-4-8-17(19)24-31(28,29)20-12-15(25(26)27)10-11-18(20)23-22-13-14-6-2-3-7-16(14)21/h2-13,23-24H,1H3. The van der Waals surface area contributed by atoms with E-state index in [1.165, 1.54) is 31.5 Å². The Bertz CT molecular complexity index is 1250. The van der Waals surface area contributed by atoms with Crippen LogP contribution in [0.5, 0.6) is 5.75 Å². The first-order chi connectivity index (χ1) is 14.8. The van der Waals surface area contributed by atoms with Crippen molar-refractivity contribution >= 4 is 49.2 Å². The van der Waals surface area contributed by atoms with Gasteiger partial charge in [0.1, 0.15) is 10.6 Å². The minimum absolute atomic E-state index is 0.0660. The number of para-hydroxylation sites is 2. The van der Waals surface area contributed by atoms with Crippen LogP contribution < -0.4 is 14.9 Å². The number of nitrogens with zero attached hydrogens (tertiary/aromatic N) is 2. The summed E-state index contributed by atoms with van der Waals surface area (Å²) in [7, 11) is -2.81. The Labute approximate surface area is 187 Å². The van der Waals surface area contributed by atoms with E-state index in [1.54, 1.807) is 18.2 Å². The van der Waals surface area contributed by atoms with E-state index < -0.39 is 14.9 Å². The van der Waals surface area contributed by atoms with Crippen molar-refractivity contribution in [3.63, 3.8) is 0 Å². The van der Waals surface area contributed by atoms with Gasteiger partial charge in [0.05, 0.1) is 29.6 Å². The maximum absolute atomic E-state index is 13.1. The number of hydrazone groups is 1. The number of ether oxygens (including phenoxy) is 1. The smallest absolute Gasteiger partial charge is 0.270 e. The number of hydrogen-bond acceptors (Lipinski definition) is 7. The summed E-state index contributed by atoms with van der Waals surface area (Å²) in [5, 5.41) is 15.3. The highest BCUT2D eigenvalue weighted by atomic mass is 79.9. The number of nitro groups is 1. The molecule has 0 heterocycles. The van der Waals surface area contributed by atoms with Gasteiger partial charge in [-0.25, -0.2) is 8.42 Å². The highest BCUT2D eigenvalue weighted by Gasteiger charge is 2.23. The predicted octanol–water partition coefficient (Wildman–Crippen LogP) is 4.61. The van der Waals surface area contributed by atoms with E-state index in [9.17, 15) is 18.5 Å². The third-order valence-electron chi connectivity index (χ3n) is 4.11. The number of methoxy groups -OCH3 is 1. The lowest BCUT2D eigenvalue weighted by atomic mass is 10.2. The Morgan fingerprint density at radius 3 is 2.48 bits per heavy atom. The number of rotatable bonds is 8. The molecule has 0 radical (unpaired) electrons. The molecule has 0 aromatic heterocycles. The Morgan fingerprint density at radius 1 is 1.06 bits per heavy atom. The molecule has 0 saturated carbocycles. The van der Waals surface area contributed by atoms with Gasteiger partial charge in [0.2, 0.25) is 0 Å². The van der Waals surface area contributed by atoms with Crippen LogP contribution in [-0.4, -0.2) is 26.7 Å². The van der Waals surface area contributed by atoms with Gasteiger partial charge in [0, 0.05) is 22.2 Å². The first kappa shape index (κ1) is 22.2. The van der Waals surface area contributed by atoms with E-state index in [4.69, 9.17) is 4.74 Å². The molecule has 0 fully saturated rings. The van der Waals surface area contributed by atoms with Gasteiger partial charge in [0.15, 0.2) is 0 Å². The van der Waals surface area contributed by atoms with Crippen LogP contribution in [0.15, 0.2) is 81.2 Å². The van der Waals surface area contributed by atoms with Crippen molar-refractivity contribution in [2.24, 2.45) is 5.10 Å². The van der Waals surface area contributed by atoms with Crippen molar-refractivity contribution in [1.29, 1.82) is 0 Å². The monoisotopic (exact) mass is 504 g/mol. The molecule has 31 heavy (non-hydrogen) atoms. The zero-order valence-corrected chi connectivity index (χ0v) is 18.6. The molecule has 3 aromatic carbocycles. The van der Waals surface area contributed by atoms with Crippen LogP contribution in [0.3, 0.4) is 0 Å². The van der Waals surface area contributed by atoms with Crippen LogP contribution in [0.2, 0.25) is 0 Å². The summed E-state index contributed by atoms with van der Waals surface area (Å²) in [6.07, 6.45) is 1.50. The van der Waals surface area contributed by atoms with Crippen LogP contribution >= 0.6 is 15.9 Å². The molecule has 0 bridgehead atoms. The Morgan fingerprint density at radius 2 is 1.77 bits per heavy atom. The molecule has 0 aliphatic carbocycles. The van der Waals surface area contributed by atoms with Crippen LogP contribution in [-0.2, 0) is 10.0 Å².